The highest BCUT2D eigenvalue weighted by molar-refractivity contribution is 7.98. The quantitative estimate of drug-likeness (QED) is 0.328. The van der Waals surface area contributed by atoms with Gasteiger partial charge in [0.05, 0.1) is 29.0 Å². The molecule has 0 spiro atoms. The normalized spacial score (nSPS) is 11.2. The highest BCUT2D eigenvalue weighted by atomic mass is 32.2. The summed E-state index contributed by atoms with van der Waals surface area (Å²) in [5, 5.41) is 3.47. The number of thioether (sulfide) groups is 1. The number of anilines is 4. The Labute approximate surface area is 198 Å². The molecule has 0 unspecified atom stereocenters. The SMILES string of the molecule is CSc1ccccc1Nc1ncccc1CN(c1cccnc1)c1cccc(S(C)(=O)=O)c1. The number of aromatic nitrogens is 2. The minimum Gasteiger partial charge on any atom is -0.339 e. The number of benzene rings is 2. The molecule has 0 atom stereocenters. The first-order valence-corrected chi connectivity index (χ1v) is 13.4. The van der Waals surface area contributed by atoms with Crippen LogP contribution in [0.15, 0.2) is 101 Å². The predicted octanol–water partition coefficient (Wildman–Crippen LogP) is 5.68. The van der Waals surface area contributed by atoms with Crippen LogP contribution in [-0.4, -0.2) is 30.9 Å². The molecule has 4 rings (SSSR count). The van der Waals surface area contributed by atoms with Gasteiger partial charge in [0.1, 0.15) is 5.82 Å². The topological polar surface area (TPSA) is 75.2 Å². The predicted molar refractivity (Wildman–Crippen MR) is 135 cm³/mol. The lowest BCUT2D eigenvalue weighted by atomic mass is 10.2. The van der Waals surface area contributed by atoms with Gasteiger partial charge in [-0.05, 0) is 54.8 Å². The van der Waals surface area contributed by atoms with Crippen molar-refractivity contribution in [1.29, 1.82) is 0 Å². The molecule has 0 amide bonds. The van der Waals surface area contributed by atoms with Gasteiger partial charge in [-0.2, -0.15) is 0 Å². The highest BCUT2D eigenvalue weighted by Crippen LogP contribution is 2.32. The van der Waals surface area contributed by atoms with Crippen molar-refractivity contribution in [1.82, 2.24) is 9.97 Å². The molecule has 2 aromatic heterocycles. The molecule has 6 nitrogen and oxygen atoms in total. The van der Waals surface area contributed by atoms with Crippen molar-refractivity contribution < 1.29 is 8.42 Å². The average Bonchev–Trinajstić information content (AvgIpc) is 2.84. The van der Waals surface area contributed by atoms with Crippen LogP contribution in [0.3, 0.4) is 0 Å². The second-order valence-corrected chi connectivity index (χ2v) is 10.3. The summed E-state index contributed by atoms with van der Waals surface area (Å²) < 4.78 is 24.3. The smallest absolute Gasteiger partial charge is 0.175 e. The number of rotatable bonds is 8. The van der Waals surface area contributed by atoms with Crippen molar-refractivity contribution in [2.75, 3.05) is 22.7 Å². The third-order valence-electron chi connectivity index (χ3n) is 5.09. The van der Waals surface area contributed by atoms with Gasteiger partial charge < -0.3 is 10.2 Å². The molecule has 0 aliphatic rings. The van der Waals surface area contributed by atoms with Crippen molar-refractivity contribution in [3.63, 3.8) is 0 Å². The van der Waals surface area contributed by atoms with Gasteiger partial charge >= 0.3 is 0 Å². The summed E-state index contributed by atoms with van der Waals surface area (Å²) in [6, 6.07) is 22.8. The van der Waals surface area contributed by atoms with Gasteiger partial charge in [0.2, 0.25) is 0 Å². The Hall–Kier alpha value is -3.36. The van der Waals surface area contributed by atoms with Crippen molar-refractivity contribution in [2.24, 2.45) is 0 Å². The molecular weight excluding hydrogens is 452 g/mol. The molecule has 0 radical (unpaired) electrons. The maximum atomic E-state index is 12.2. The van der Waals surface area contributed by atoms with Crippen molar-refractivity contribution in [3.05, 3.63) is 97.0 Å². The molecule has 0 saturated carbocycles. The minimum absolute atomic E-state index is 0.271. The number of nitrogens with one attached hydrogen (secondary N) is 1. The Kier molecular flexibility index (Phi) is 6.96. The summed E-state index contributed by atoms with van der Waals surface area (Å²) in [6.07, 6.45) is 8.49. The van der Waals surface area contributed by atoms with Crippen LogP contribution in [0.1, 0.15) is 5.56 Å². The summed E-state index contributed by atoms with van der Waals surface area (Å²) in [6.45, 7) is 0.469. The molecule has 0 aliphatic heterocycles. The Bertz CT molecular complexity index is 1350. The van der Waals surface area contributed by atoms with Crippen LogP contribution in [-0.2, 0) is 16.4 Å². The molecule has 8 heteroatoms. The highest BCUT2D eigenvalue weighted by Gasteiger charge is 2.16. The van der Waals surface area contributed by atoms with Gasteiger partial charge in [-0.25, -0.2) is 13.4 Å². The summed E-state index contributed by atoms with van der Waals surface area (Å²) in [4.78, 5) is 12.3. The van der Waals surface area contributed by atoms with Gasteiger partial charge in [0.15, 0.2) is 9.84 Å². The molecule has 33 heavy (non-hydrogen) atoms. The summed E-state index contributed by atoms with van der Waals surface area (Å²) in [5.41, 5.74) is 3.55. The number of hydrogen-bond donors (Lipinski definition) is 1. The van der Waals surface area contributed by atoms with Crippen LogP contribution in [0.2, 0.25) is 0 Å². The van der Waals surface area contributed by atoms with Crippen LogP contribution >= 0.6 is 11.8 Å². The van der Waals surface area contributed by atoms with Gasteiger partial charge in [-0.3, -0.25) is 4.98 Å². The molecule has 168 valence electrons. The maximum absolute atomic E-state index is 12.2. The van der Waals surface area contributed by atoms with Crippen LogP contribution < -0.4 is 10.2 Å². The van der Waals surface area contributed by atoms with E-state index in [9.17, 15) is 8.42 Å². The Morgan fingerprint density at radius 2 is 1.73 bits per heavy atom. The van der Waals surface area contributed by atoms with Gasteiger partial charge in [0, 0.05) is 34.8 Å². The van der Waals surface area contributed by atoms with E-state index in [1.54, 1.807) is 48.6 Å². The third-order valence-corrected chi connectivity index (χ3v) is 7.00. The zero-order valence-electron chi connectivity index (χ0n) is 18.3. The molecule has 0 saturated heterocycles. The summed E-state index contributed by atoms with van der Waals surface area (Å²) in [7, 11) is -3.34. The second kappa shape index (κ2) is 10.1. The van der Waals surface area contributed by atoms with Crippen molar-refractivity contribution >= 4 is 44.5 Å². The van der Waals surface area contributed by atoms with Crippen LogP contribution in [0, 0.1) is 0 Å². The standard InChI is InChI=1S/C25H24N4O2S2/c1-32-24-13-4-3-12-23(24)28-25-19(8-6-15-27-25)18-29(21-10-7-14-26-17-21)20-9-5-11-22(16-20)33(2,30)31/h3-17H,18H2,1-2H3,(H,27,28). The lowest BCUT2D eigenvalue weighted by Gasteiger charge is -2.26. The van der Waals surface area contributed by atoms with E-state index in [1.165, 1.54) is 6.26 Å². The zero-order chi connectivity index (χ0) is 23.3. The fraction of sp³-hybridized carbons (Fsp3) is 0.120. The molecule has 0 aliphatic carbocycles. The van der Waals surface area contributed by atoms with E-state index >= 15 is 0 Å². The molecule has 0 fully saturated rings. The van der Waals surface area contributed by atoms with Gasteiger partial charge in [0.25, 0.3) is 0 Å². The molecule has 1 N–H and O–H groups in total. The lowest BCUT2D eigenvalue weighted by Crippen LogP contribution is -2.18. The zero-order valence-corrected chi connectivity index (χ0v) is 20.0. The van der Waals surface area contributed by atoms with E-state index in [2.05, 4.69) is 21.4 Å². The van der Waals surface area contributed by atoms with E-state index in [-0.39, 0.29) is 4.90 Å². The number of para-hydroxylation sites is 1. The van der Waals surface area contributed by atoms with E-state index in [4.69, 9.17) is 0 Å². The van der Waals surface area contributed by atoms with Crippen molar-refractivity contribution in [2.45, 2.75) is 16.3 Å². The minimum atomic E-state index is -3.34. The first-order chi connectivity index (χ1) is 16.0. The molecule has 2 heterocycles. The fourth-order valence-electron chi connectivity index (χ4n) is 3.45. The van der Waals surface area contributed by atoms with E-state index in [1.807, 2.05) is 59.7 Å². The third kappa shape index (κ3) is 5.53. The molecular formula is C25H24N4O2S2. The molecule has 2 aromatic carbocycles. The van der Waals surface area contributed by atoms with Crippen LogP contribution in [0.4, 0.5) is 22.9 Å². The second-order valence-electron chi connectivity index (χ2n) is 7.40. The maximum Gasteiger partial charge on any atom is 0.175 e. The Balaban J connectivity index is 1.74. The number of sulfone groups is 1. The first kappa shape index (κ1) is 22.8. The molecule has 0 bridgehead atoms. The van der Waals surface area contributed by atoms with E-state index < -0.39 is 9.84 Å². The lowest BCUT2D eigenvalue weighted by molar-refractivity contribution is 0.602. The largest absolute Gasteiger partial charge is 0.339 e. The number of hydrogen-bond acceptors (Lipinski definition) is 7. The summed E-state index contributed by atoms with van der Waals surface area (Å²) >= 11 is 1.67. The van der Waals surface area contributed by atoms with E-state index in [0.717, 1.165) is 33.3 Å². The van der Waals surface area contributed by atoms with Crippen molar-refractivity contribution in [3.8, 4) is 0 Å². The average molecular weight is 477 g/mol. The number of pyridine rings is 2. The van der Waals surface area contributed by atoms with Gasteiger partial charge in [-0.15, -0.1) is 11.8 Å². The van der Waals surface area contributed by atoms with Crippen LogP contribution in [0.5, 0.6) is 0 Å². The fourth-order valence-corrected chi connectivity index (χ4v) is 4.67. The Morgan fingerprint density at radius 1 is 0.939 bits per heavy atom. The monoisotopic (exact) mass is 476 g/mol. The first-order valence-electron chi connectivity index (χ1n) is 10.3. The van der Waals surface area contributed by atoms with E-state index in [0.29, 0.717) is 6.54 Å². The van der Waals surface area contributed by atoms with Crippen LogP contribution in [0.25, 0.3) is 0 Å². The summed E-state index contributed by atoms with van der Waals surface area (Å²) in [5.74, 6) is 0.743. The molecule has 4 aromatic rings. The number of nitrogens with zero attached hydrogens (tertiary/aromatic N) is 3. The Morgan fingerprint density at radius 3 is 2.48 bits per heavy atom. The van der Waals surface area contributed by atoms with Gasteiger partial charge in [-0.1, -0.05) is 24.3 Å².